The summed E-state index contributed by atoms with van der Waals surface area (Å²) >= 11 is 0. The highest BCUT2D eigenvalue weighted by Crippen LogP contribution is 2.16. The van der Waals surface area contributed by atoms with Gasteiger partial charge in [-0.3, -0.25) is 4.99 Å². The van der Waals surface area contributed by atoms with E-state index in [0.29, 0.717) is 12.3 Å². The average molecular weight is 480 g/mol. The SMILES string of the molecule is CCNC(=NCCc1cccc(O)c1)N1CCN(c2ccccc2)CC1.I. The number of aromatic hydroxyl groups is 1. The molecule has 0 unspecified atom stereocenters. The van der Waals surface area contributed by atoms with Crippen LogP contribution in [-0.4, -0.2) is 55.2 Å². The number of nitrogens with one attached hydrogen (secondary N) is 1. The van der Waals surface area contributed by atoms with Gasteiger partial charge in [-0.05, 0) is 43.2 Å². The largest absolute Gasteiger partial charge is 0.508 e. The predicted octanol–water partition coefficient (Wildman–Crippen LogP) is 3.34. The van der Waals surface area contributed by atoms with Gasteiger partial charge in [0.15, 0.2) is 5.96 Å². The smallest absolute Gasteiger partial charge is 0.194 e. The van der Waals surface area contributed by atoms with E-state index in [-0.39, 0.29) is 24.0 Å². The van der Waals surface area contributed by atoms with Gasteiger partial charge in [0.25, 0.3) is 0 Å². The van der Waals surface area contributed by atoms with Crippen molar-refractivity contribution in [2.24, 2.45) is 4.99 Å². The highest BCUT2D eigenvalue weighted by Gasteiger charge is 2.19. The second-order valence-electron chi connectivity index (χ2n) is 6.47. The summed E-state index contributed by atoms with van der Waals surface area (Å²) in [6.45, 7) is 7.61. The van der Waals surface area contributed by atoms with Gasteiger partial charge in [0.05, 0.1) is 0 Å². The van der Waals surface area contributed by atoms with Crippen LogP contribution in [0.5, 0.6) is 5.75 Å². The summed E-state index contributed by atoms with van der Waals surface area (Å²) in [6, 6.07) is 18.0. The molecule has 0 amide bonds. The Labute approximate surface area is 179 Å². The molecule has 146 valence electrons. The highest BCUT2D eigenvalue weighted by molar-refractivity contribution is 14.0. The molecular formula is C21H29IN4O. The molecule has 0 aromatic heterocycles. The van der Waals surface area contributed by atoms with Crippen molar-refractivity contribution in [1.29, 1.82) is 0 Å². The number of guanidine groups is 1. The minimum atomic E-state index is 0. The quantitative estimate of drug-likeness (QED) is 0.392. The standard InChI is InChI=1S/C21H28N4O.HI/c1-2-22-21(23-12-11-18-7-6-10-20(26)17-18)25-15-13-24(14-16-25)19-8-4-3-5-9-19;/h3-10,17,26H,2,11-16H2,1H3,(H,22,23);1H. The maximum atomic E-state index is 9.57. The van der Waals surface area contributed by atoms with E-state index >= 15 is 0 Å². The van der Waals surface area contributed by atoms with Gasteiger partial charge in [0.2, 0.25) is 0 Å². The summed E-state index contributed by atoms with van der Waals surface area (Å²) < 4.78 is 0. The summed E-state index contributed by atoms with van der Waals surface area (Å²) in [7, 11) is 0. The Morgan fingerprint density at radius 3 is 2.44 bits per heavy atom. The molecule has 6 heteroatoms. The Morgan fingerprint density at radius 1 is 1.04 bits per heavy atom. The molecule has 0 atom stereocenters. The number of halogens is 1. The molecule has 1 aliphatic heterocycles. The first-order chi connectivity index (χ1) is 12.8. The molecule has 3 rings (SSSR count). The first-order valence-corrected chi connectivity index (χ1v) is 9.37. The van der Waals surface area contributed by atoms with Crippen molar-refractivity contribution >= 4 is 35.6 Å². The summed E-state index contributed by atoms with van der Waals surface area (Å²) in [5.41, 5.74) is 2.40. The van der Waals surface area contributed by atoms with Crippen molar-refractivity contribution in [2.45, 2.75) is 13.3 Å². The third-order valence-corrected chi connectivity index (χ3v) is 4.61. The number of rotatable bonds is 5. The van der Waals surface area contributed by atoms with E-state index in [2.05, 4.69) is 52.4 Å². The van der Waals surface area contributed by atoms with Crippen molar-refractivity contribution in [3.63, 3.8) is 0 Å². The van der Waals surface area contributed by atoms with Gasteiger partial charge in [0.1, 0.15) is 5.75 Å². The van der Waals surface area contributed by atoms with Crippen LogP contribution in [0.15, 0.2) is 59.6 Å². The fourth-order valence-electron chi connectivity index (χ4n) is 3.24. The molecule has 0 bridgehead atoms. The third-order valence-electron chi connectivity index (χ3n) is 4.61. The van der Waals surface area contributed by atoms with Crippen molar-refractivity contribution < 1.29 is 5.11 Å². The zero-order valence-corrected chi connectivity index (χ0v) is 18.2. The summed E-state index contributed by atoms with van der Waals surface area (Å²) in [5, 5.41) is 13.0. The molecule has 1 heterocycles. The Morgan fingerprint density at radius 2 is 1.78 bits per heavy atom. The van der Waals surface area contributed by atoms with Crippen LogP contribution in [0.3, 0.4) is 0 Å². The van der Waals surface area contributed by atoms with Crippen LogP contribution >= 0.6 is 24.0 Å². The molecule has 5 nitrogen and oxygen atoms in total. The number of hydrogen-bond donors (Lipinski definition) is 2. The second-order valence-corrected chi connectivity index (χ2v) is 6.47. The normalized spacial score (nSPS) is 14.6. The number of piperazine rings is 1. The van der Waals surface area contributed by atoms with Crippen LogP contribution in [0.4, 0.5) is 5.69 Å². The molecule has 0 aliphatic carbocycles. The fraction of sp³-hybridized carbons (Fsp3) is 0.381. The maximum absolute atomic E-state index is 9.57. The number of nitrogens with zero attached hydrogens (tertiary/aromatic N) is 3. The van der Waals surface area contributed by atoms with Crippen molar-refractivity contribution in [2.75, 3.05) is 44.2 Å². The molecule has 27 heavy (non-hydrogen) atoms. The topological polar surface area (TPSA) is 51.1 Å². The molecule has 2 aromatic carbocycles. The van der Waals surface area contributed by atoms with Gasteiger partial charge >= 0.3 is 0 Å². The van der Waals surface area contributed by atoms with E-state index in [0.717, 1.165) is 50.7 Å². The Balaban J connectivity index is 0.00000261. The molecule has 2 N–H and O–H groups in total. The van der Waals surface area contributed by atoms with Gasteiger partial charge in [-0.1, -0.05) is 30.3 Å². The molecule has 2 aromatic rings. The maximum Gasteiger partial charge on any atom is 0.194 e. The lowest BCUT2D eigenvalue weighted by Crippen LogP contribution is -2.52. The number of para-hydroxylation sites is 1. The Bertz CT molecular complexity index is 715. The summed E-state index contributed by atoms with van der Waals surface area (Å²) in [4.78, 5) is 9.55. The number of hydrogen-bond acceptors (Lipinski definition) is 3. The monoisotopic (exact) mass is 480 g/mol. The average Bonchev–Trinajstić information content (AvgIpc) is 2.68. The second kappa shape index (κ2) is 11.0. The highest BCUT2D eigenvalue weighted by atomic mass is 127. The molecule has 0 saturated carbocycles. The van der Waals surface area contributed by atoms with Gasteiger partial charge in [0, 0.05) is 45.0 Å². The lowest BCUT2D eigenvalue weighted by molar-refractivity contribution is 0.372. The van der Waals surface area contributed by atoms with Crippen LogP contribution in [0.25, 0.3) is 0 Å². The number of aliphatic imine (C=N–C) groups is 1. The molecular weight excluding hydrogens is 451 g/mol. The Kier molecular flexibility index (Phi) is 8.71. The van der Waals surface area contributed by atoms with Crippen LogP contribution < -0.4 is 10.2 Å². The molecule has 1 aliphatic rings. The minimum absolute atomic E-state index is 0. The number of anilines is 1. The van der Waals surface area contributed by atoms with E-state index < -0.39 is 0 Å². The minimum Gasteiger partial charge on any atom is -0.508 e. The van der Waals surface area contributed by atoms with Crippen LogP contribution in [-0.2, 0) is 6.42 Å². The number of phenolic OH excluding ortho intramolecular Hbond substituents is 1. The predicted molar refractivity (Wildman–Crippen MR) is 123 cm³/mol. The van der Waals surface area contributed by atoms with Crippen LogP contribution in [0.2, 0.25) is 0 Å². The molecule has 0 radical (unpaired) electrons. The van der Waals surface area contributed by atoms with E-state index in [1.807, 2.05) is 12.1 Å². The third kappa shape index (κ3) is 6.30. The van der Waals surface area contributed by atoms with Gasteiger partial charge in [-0.15, -0.1) is 24.0 Å². The first kappa shape index (κ1) is 21.3. The van der Waals surface area contributed by atoms with Crippen molar-refractivity contribution in [3.05, 3.63) is 60.2 Å². The zero-order valence-electron chi connectivity index (χ0n) is 15.8. The van der Waals surface area contributed by atoms with Gasteiger partial charge in [-0.25, -0.2) is 0 Å². The summed E-state index contributed by atoms with van der Waals surface area (Å²) in [6.07, 6.45) is 0.827. The van der Waals surface area contributed by atoms with Crippen LogP contribution in [0, 0.1) is 0 Å². The Hall–Kier alpha value is -1.96. The molecule has 1 saturated heterocycles. The van der Waals surface area contributed by atoms with Crippen molar-refractivity contribution in [1.82, 2.24) is 10.2 Å². The molecule has 1 fully saturated rings. The number of benzene rings is 2. The zero-order chi connectivity index (χ0) is 18.2. The van der Waals surface area contributed by atoms with E-state index in [1.165, 1.54) is 5.69 Å². The van der Waals surface area contributed by atoms with E-state index in [1.54, 1.807) is 12.1 Å². The van der Waals surface area contributed by atoms with Crippen molar-refractivity contribution in [3.8, 4) is 5.75 Å². The lowest BCUT2D eigenvalue weighted by atomic mass is 10.1. The fourth-order valence-corrected chi connectivity index (χ4v) is 3.24. The lowest BCUT2D eigenvalue weighted by Gasteiger charge is -2.37. The number of phenols is 1. The molecule has 0 spiro atoms. The first-order valence-electron chi connectivity index (χ1n) is 9.37. The van der Waals surface area contributed by atoms with E-state index in [4.69, 9.17) is 4.99 Å². The van der Waals surface area contributed by atoms with E-state index in [9.17, 15) is 5.11 Å². The van der Waals surface area contributed by atoms with Crippen LogP contribution in [0.1, 0.15) is 12.5 Å². The van der Waals surface area contributed by atoms with Gasteiger partial charge in [-0.2, -0.15) is 0 Å². The summed E-state index contributed by atoms with van der Waals surface area (Å²) in [5.74, 6) is 1.30. The van der Waals surface area contributed by atoms with Gasteiger partial charge < -0.3 is 20.2 Å².